The minimum atomic E-state index is -0.390. The van der Waals surface area contributed by atoms with Crippen molar-refractivity contribution in [2.24, 2.45) is 4.99 Å². The third-order valence-electron chi connectivity index (χ3n) is 6.12. The van der Waals surface area contributed by atoms with Crippen LogP contribution in [0.4, 0.5) is 10.1 Å². The number of H-pyrrole nitrogens is 1. The second-order valence-electron chi connectivity index (χ2n) is 8.30. The SMILES string of the molecule is CCN(CC)Cc1ccc(N=C(c2ccc3c(c2)OC=CO3)c2c(O)[nH]c3cc(F)ccc23)cc1. The third-order valence-corrected chi connectivity index (χ3v) is 6.12. The molecule has 1 aromatic heterocycles. The minimum absolute atomic E-state index is 0.0858. The van der Waals surface area contributed by atoms with E-state index in [4.69, 9.17) is 14.5 Å². The molecule has 4 aromatic rings. The Hall–Kier alpha value is -4.10. The van der Waals surface area contributed by atoms with Crippen molar-refractivity contribution < 1.29 is 19.0 Å². The predicted molar refractivity (Wildman–Crippen MR) is 135 cm³/mol. The molecule has 0 atom stereocenters. The molecule has 2 heterocycles. The van der Waals surface area contributed by atoms with E-state index >= 15 is 0 Å². The Balaban J connectivity index is 1.61. The molecule has 0 radical (unpaired) electrons. The number of fused-ring (bicyclic) bond motifs is 2. The average Bonchev–Trinajstić information content (AvgIpc) is 3.20. The summed E-state index contributed by atoms with van der Waals surface area (Å²) >= 11 is 0. The van der Waals surface area contributed by atoms with Crippen LogP contribution in [0.2, 0.25) is 0 Å². The van der Waals surface area contributed by atoms with E-state index in [1.807, 2.05) is 24.3 Å². The first-order chi connectivity index (χ1) is 17.1. The first kappa shape index (κ1) is 22.7. The van der Waals surface area contributed by atoms with Crippen molar-refractivity contribution in [2.75, 3.05) is 13.1 Å². The highest BCUT2D eigenvalue weighted by molar-refractivity contribution is 6.22. The lowest BCUT2D eigenvalue weighted by Crippen LogP contribution is -2.21. The van der Waals surface area contributed by atoms with Gasteiger partial charge in [-0.2, -0.15) is 0 Å². The molecular formula is C28H26FN3O3. The van der Waals surface area contributed by atoms with Crippen LogP contribution in [-0.4, -0.2) is 33.8 Å². The molecule has 1 aliphatic heterocycles. The Morgan fingerprint density at radius 1 is 0.943 bits per heavy atom. The Morgan fingerprint density at radius 3 is 2.43 bits per heavy atom. The van der Waals surface area contributed by atoms with Crippen LogP contribution in [-0.2, 0) is 6.54 Å². The summed E-state index contributed by atoms with van der Waals surface area (Å²) in [6.45, 7) is 7.14. The molecule has 0 saturated carbocycles. The number of rotatable bonds is 7. The Bertz CT molecular complexity index is 1420. The summed E-state index contributed by atoms with van der Waals surface area (Å²) in [7, 11) is 0. The fourth-order valence-electron chi connectivity index (χ4n) is 4.22. The summed E-state index contributed by atoms with van der Waals surface area (Å²) in [5, 5.41) is 11.5. The van der Waals surface area contributed by atoms with E-state index in [2.05, 4.69) is 35.9 Å². The highest BCUT2D eigenvalue weighted by Gasteiger charge is 2.21. The van der Waals surface area contributed by atoms with Crippen LogP contribution >= 0.6 is 0 Å². The number of hydrogen-bond donors (Lipinski definition) is 2. The lowest BCUT2D eigenvalue weighted by atomic mass is 10.00. The van der Waals surface area contributed by atoms with E-state index in [9.17, 15) is 9.50 Å². The molecule has 7 heteroatoms. The summed E-state index contributed by atoms with van der Waals surface area (Å²) in [6, 6.07) is 17.9. The van der Waals surface area contributed by atoms with Crippen molar-refractivity contribution in [1.82, 2.24) is 9.88 Å². The van der Waals surface area contributed by atoms with Crippen molar-refractivity contribution in [2.45, 2.75) is 20.4 Å². The second kappa shape index (κ2) is 9.64. The van der Waals surface area contributed by atoms with Gasteiger partial charge in [-0.1, -0.05) is 26.0 Å². The molecule has 2 N–H and O–H groups in total. The molecule has 0 saturated heterocycles. The molecule has 0 spiro atoms. The molecule has 0 fully saturated rings. The van der Waals surface area contributed by atoms with Gasteiger partial charge < -0.3 is 19.6 Å². The number of halogens is 1. The number of benzene rings is 3. The molecule has 0 unspecified atom stereocenters. The number of nitrogens with zero attached hydrogens (tertiary/aromatic N) is 2. The van der Waals surface area contributed by atoms with E-state index in [1.54, 1.807) is 12.1 Å². The van der Waals surface area contributed by atoms with Crippen LogP contribution in [0.15, 0.2) is 78.2 Å². The maximum Gasteiger partial charge on any atom is 0.199 e. The molecule has 5 rings (SSSR count). The number of nitrogens with one attached hydrogen (secondary N) is 1. The van der Waals surface area contributed by atoms with Crippen LogP contribution in [0.5, 0.6) is 17.4 Å². The normalized spacial score (nSPS) is 13.1. The van der Waals surface area contributed by atoms with Crippen molar-refractivity contribution >= 4 is 22.3 Å². The third kappa shape index (κ3) is 4.63. The van der Waals surface area contributed by atoms with E-state index in [-0.39, 0.29) is 5.88 Å². The molecule has 178 valence electrons. The van der Waals surface area contributed by atoms with Gasteiger partial charge in [0.05, 0.1) is 22.5 Å². The lowest BCUT2D eigenvalue weighted by Gasteiger charge is -2.18. The van der Waals surface area contributed by atoms with Gasteiger partial charge in [-0.25, -0.2) is 9.38 Å². The summed E-state index contributed by atoms with van der Waals surface area (Å²) in [5.41, 5.74) is 4.15. The molecular weight excluding hydrogens is 445 g/mol. The minimum Gasteiger partial charge on any atom is -0.494 e. The highest BCUT2D eigenvalue weighted by Crippen LogP contribution is 2.36. The van der Waals surface area contributed by atoms with Crippen molar-refractivity contribution in [3.63, 3.8) is 0 Å². The summed E-state index contributed by atoms with van der Waals surface area (Å²) < 4.78 is 24.9. The zero-order valence-corrected chi connectivity index (χ0v) is 19.6. The largest absolute Gasteiger partial charge is 0.494 e. The quantitative estimate of drug-likeness (QED) is 0.312. The van der Waals surface area contributed by atoms with Gasteiger partial charge in [-0.05, 0) is 67.2 Å². The molecule has 0 aliphatic carbocycles. The molecule has 3 aromatic carbocycles. The van der Waals surface area contributed by atoms with Crippen molar-refractivity contribution in [1.29, 1.82) is 0 Å². The van der Waals surface area contributed by atoms with Crippen molar-refractivity contribution in [3.8, 4) is 17.4 Å². The van der Waals surface area contributed by atoms with Gasteiger partial charge in [-0.3, -0.25) is 4.90 Å². The number of ether oxygens (including phenoxy) is 2. The molecule has 6 nitrogen and oxygen atoms in total. The van der Waals surface area contributed by atoms with Gasteiger partial charge >= 0.3 is 0 Å². The lowest BCUT2D eigenvalue weighted by molar-refractivity contribution is 0.296. The zero-order valence-electron chi connectivity index (χ0n) is 19.6. The number of hydrogen-bond acceptors (Lipinski definition) is 5. The first-order valence-electron chi connectivity index (χ1n) is 11.6. The molecule has 0 amide bonds. The fourth-order valence-corrected chi connectivity index (χ4v) is 4.22. The smallest absolute Gasteiger partial charge is 0.199 e. The van der Waals surface area contributed by atoms with Gasteiger partial charge in [0.2, 0.25) is 0 Å². The Labute approximate surface area is 203 Å². The maximum atomic E-state index is 13.8. The summed E-state index contributed by atoms with van der Waals surface area (Å²) in [6.07, 6.45) is 2.93. The van der Waals surface area contributed by atoms with Crippen LogP contribution in [0.1, 0.15) is 30.5 Å². The van der Waals surface area contributed by atoms with Gasteiger partial charge in [0, 0.05) is 17.5 Å². The monoisotopic (exact) mass is 471 g/mol. The first-order valence-corrected chi connectivity index (χ1v) is 11.6. The summed E-state index contributed by atoms with van der Waals surface area (Å²) in [5.74, 6) is 0.648. The fraction of sp³-hybridized carbons (Fsp3) is 0.179. The number of aromatic amines is 1. The molecule has 35 heavy (non-hydrogen) atoms. The number of aromatic hydroxyl groups is 1. The van der Waals surface area contributed by atoms with E-state index < -0.39 is 5.82 Å². The topological polar surface area (TPSA) is 70.1 Å². The molecule has 1 aliphatic rings. The Morgan fingerprint density at radius 2 is 1.69 bits per heavy atom. The maximum absolute atomic E-state index is 13.8. The summed E-state index contributed by atoms with van der Waals surface area (Å²) in [4.78, 5) is 10.1. The average molecular weight is 472 g/mol. The number of aromatic nitrogens is 1. The van der Waals surface area contributed by atoms with E-state index in [0.717, 1.165) is 30.9 Å². The van der Waals surface area contributed by atoms with Gasteiger partial charge in [0.25, 0.3) is 0 Å². The second-order valence-corrected chi connectivity index (χ2v) is 8.30. The van der Waals surface area contributed by atoms with Crippen LogP contribution in [0, 0.1) is 5.82 Å². The van der Waals surface area contributed by atoms with E-state index in [1.165, 1.54) is 30.2 Å². The van der Waals surface area contributed by atoms with Crippen LogP contribution in [0.3, 0.4) is 0 Å². The zero-order chi connectivity index (χ0) is 24.4. The molecule has 0 bridgehead atoms. The van der Waals surface area contributed by atoms with Crippen molar-refractivity contribution in [3.05, 3.63) is 95.7 Å². The highest BCUT2D eigenvalue weighted by atomic mass is 19.1. The Kier molecular flexibility index (Phi) is 6.25. The van der Waals surface area contributed by atoms with Crippen LogP contribution < -0.4 is 9.47 Å². The number of aliphatic imine (C=N–C) groups is 1. The van der Waals surface area contributed by atoms with Crippen LogP contribution in [0.25, 0.3) is 10.9 Å². The van der Waals surface area contributed by atoms with E-state index in [0.29, 0.717) is 33.7 Å². The van der Waals surface area contributed by atoms with Gasteiger partial charge in [-0.15, -0.1) is 0 Å². The van der Waals surface area contributed by atoms with Gasteiger partial charge in [0.15, 0.2) is 17.4 Å². The standard InChI is InChI=1S/C28H26FN3O3/c1-3-32(4-2)17-18-5-9-21(10-6-18)30-27(19-7-12-24-25(15-19)35-14-13-34-24)26-22-11-8-20(29)16-23(22)31-28(26)33/h5-16,31,33H,3-4,17H2,1-2H3. The predicted octanol–water partition coefficient (Wildman–Crippen LogP) is 6.27. The van der Waals surface area contributed by atoms with Gasteiger partial charge in [0.1, 0.15) is 18.3 Å².